The summed E-state index contributed by atoms with van der Waals surface area (Å²) in [6.07, 6.45) is -2.55. The topological polar surface area (TPSA) is 102 Å². The maximum absolute atomic E-state index is 12.9. The van der Waals surface area contributed by atoms with E-state index in [4.69, 9.17) is 14.1 Å². The summed E-state index contributed by atoms with van der Waals surface area (Å²) in [5.41, 5.74) is 3.25. The van der Waals surface area contributed by atoms with Crippen LogP contribution in [0.15, 0.2) is 52.9 Å². The van der Waals surface area contributed by atoms with Crippen molar-refractivity contribution >= 4 is 28.6 Å². The number of carbonyl (C=O) groups excluding carboxylic acids is 1. The number of hydrogen-bond acceptors (Lipinski definition) is 8. The number of ether oxygens (including phenoxy) is 1. The van der Waals surface area contributed by atoms with Crippen LogP contribution in [0.4, 0.5) is 24.9 Å². The molecule has 2 N–H and O–H groups in total. The Bertz CT molecular complexity index is 1550. The van der Waals surface area contributed by atoms with E-state index in [9.17, 15) is 18.0 Å². The highest BCUT2D eigenvalue weighted by Crippen LogP contribution is 2.36. The van der Waals surface area contributed by atoms with Crippen molar-refractivity contribution in [3.05, 3.63) is 65.2 Å². The second kappa shape index (κ2) is 11.0. The third-order valence-electron chi connectivity index (χ3n) is 7.23. The van der Waals surface area contributed by atoms with Crippen LogP contribution >= 0.6 is 0 Å². The van der Waals surface area contributed by atoms with Gasteiger partial charge in [0.2, 0.25) is 0 Å². The van der Waals surface area contributed by atoms with Crippen molar-refractivity contribution in [1.82, 2.24) is 15.2 Å². The van der Waals surface area contributed by atoms with Gasteiger partial charge in [-0.1, -0.05) is 44.1 Å². The average molecular weight is 568 g/mol. The molecular weight excluding hydrogens is 535 g/mol. The Morgan fingerprint density at radius 2 is 1.83 bits per heavy atom. The van der Waals surface area contributed by atoms with Gasteiger partial charge in [-0.2, -0.15) is 13.2 Å². The van der Waals surface area contributed by atoms with Gasteiger partial charge in [-0.15, -0.1) is 5.10 Å². The molecule has 11 heteroatoms. The van der Waals surface area contributed by atoms with Crippen molar-refractivity contribution in [2.24, 2.45) is 5.92 Å². The molecule has 8 nitrogen and oxygen atoms in total. The molecule has 1 aliphatic carbocycles. The highest BCUT2D eigenvalue weighted by atomic mass is 19.4. The number of esters is 1. The molecule has 0 aliphatic heterocycles. The Morgan fingerprint density at radius 1 is 1.07 bits per heavy atom. The Morgan fingerprint density at radius 3 is 2.49 bits per heavy atom. The summed E-state index contributed by atoms with van der Waals surface area (Å²) < 4.78 is 49.9. The standard InChI is InChI=1S/C30H32F3N5O3/c1-17-12-24(35-25-21(17)13-20(34-16-30(31,32)33)14-22(25)29(2,3)4)26-37-38-28(41-26)36-23-11-10-19(23)15-40-27(39)18-8-6-5-7-9-18/h5-9,12-14,19,23,34H,10-11,15-16H2,1-4H3,(H,36,38). The zero-order valence-electron chi connectivity index (χ0n) is 23.3. The molecule has 1 fully saturated rings. The number of halogens is 3. The first kappa shape index (κ1) is 28.4. The number of pyridine rings is 1. The van der Waals surface area contributed by atoms with Crippen molar-refractivity contribution in [3.8, 4) is 11.6 Å². The number of aryl methyl sites for hydroxylation is 1. The number of fused-ring (bicyclic) bond motifs is 1. The number of anilines is 2. The van der Waals surface area contributed by atoms with Crippen LogP contribution < -0.4 is 10.6 Å². The first-order valence-electron chi connectivity index (χ1n) is 13.5. The summed E-state index contributed by atoms with van der Waals surface area (Å²) in [7, 11) is 0. The van der Waals surface area contributed by atoms with Gasteiger partial charge in [0.05, 0.1) is 17.7 Å². The minimum Gasteiger partial charge on any atom is -0.462 e. The van der Waals surface area contributed by atoms with Crippen LogP contribution in [0.5, 0.6) is 0 Å². The molecule has 41 heavy (non-hydrogen) atoms. The Labute approximate surface area is 235 Å². The van der Waals surface area contributed by atoms with Crippen LogP contribution in [-0.4, -0.2) is 46.5 Å². The predicted octanol–water partition coefficient (Wildman–Crippen LogP) is 6.91. The maximum Gasteiger partial charge on any atom is 0.405 e. The summed E-state index contributed by atoms with van der Waals surface area (Å²) in [5, 5.41) is 14.8. The van der Waals surface area contributed by atoms with Crippen molar-refractivity contribution in [2.75, 3.05) is 23.8 Å². The molecule has 2 aromatic carbocycles. The molecule has 0 radical (unpaired) electrons. The summed E-state index contributed by atoms with van der Waals surface area (Å²) in [4.78, 5) is 17.1. The Kier molecular flexibility index (Phi) is 7.63. The van der Waals surface area contributed by atoms with Crippen molar-refractivity contribution in [3.63, 3.8) is 0 Å². The lowest BCUT2D eigenvalue weighted by Gasteiger charge is -2.35. The highest BCUT2D eigenvalue weighted by Gasteiger charge is 2.33. The van der Waals surface area contributed by atoms with E-state index in [0.29, 0.717) is 22.5 Å². The van der Waals surface area contributed by atoms with Gasteiger partial charge in [-0.05, 0) is 66.6 Å². The first-order chi connectivity index (χ1) is 19.4. The van der Waals surface area contributed by atoms with Gasteiger partial charge in [0.1, 0.15) is 12.2 Å². The molecule has 0 saturated heterocycles. The molecule has 4 aromatic rings. The van der Waals surface area contributed by atoms with Gasteiger partial charge < -0.3 is 19.8 Å². The lowest BCUT2D eigenvalue weighted by molar-refractivity contribution is -0.115. The van der Waals surface area contributed by atoms with E-state index >= 15 is 0 Å². The Balaban J connectivity index is 1.32. The van der Waals surface area contributed by atoms with Crippen LogP contribution in [0, 0.1) is 12.8 Å². The second-order valence-electron chi connectivity index (χ2n) is 11.4. The maximum atomic E-state index is 12.9. The van der Waals surface area contributed by atoms with Gasteiger partial charge in [0.15, 0.2) is 0 Å². The number of benzene rings is 2. The van der Waals surface area contributed by atoms with E-state index in [0.717, 1.165) is 29.4 Å². The number of nitrogens with one attached hydrogen (secondary N) is 2. The minimum atomic E-state index is -4.33. The van der Waals surface area contributed by atoms with E-state index < -0.39 is 18.1 Å². The van der Waals surface area contributed by atoms with Crippen LogP contribution in [0.2, 0.25) is 0 Å². The molecule has 5 rings (SSSR count). The lowest BCUT2D eigenvalue weighted by atomic mass is 9.80. The van der Waals surface area contributed by atoms with Gasteiger partial charge >= 0.3 is 18.2 Å². The van der Waals surface area contributed by atoms with Crippen molar-refractivity contribution < 1.29 is 27.1 Å². The molecule has 0 spiro atoms. The summed E-state index contributed by atoms with van der Waals surface area (Å²) >= 11 is 0. The number of hydrogen-bond donors (Lipinski definition) is 2. The van der Waals surface area contributed by atoms with E-state index in [1.165, 1.54) is 0 Å². The zero-order valence-corrected chi connectivity index (χ0v) is 23.3. The normalized spacial score (nSPS) is 17.2. The van der Waals surface area contributed by atoms with E-state index in [1.54, 1.807) is 42.5 Å². The van der Waals surface area contributed by atoms with Gasteiger partial charge in [0, 0.05) is 23.0 Å². The van der Waals surface area contributed by atoms with Crippen LogP contribution in [0.25, 0.3) is 22.5 Å². The van der Waals surface area contributed by atoms with Gasteiger partial charge in [-0.3, -0.25) is 0 Å². The molecule has 2 heterocycles. The molecule has 0 amide bonds. The molecular formula is C30H32F3N5O3. The Hall–Kier alpha value is -4.15. The summed E-state index contributed by atoms with van der Waals surface area (Å²) in [6.45, 7) is 6.99. The molecule has 2 aromatic heterocycles. The van der Waals surface area contributed by atoms with Crippen molar-refractivity contribution in [1.29, 1.82) is 0 Å². The average Bonchev–Trinajstić information content (AvgIpc) is 3.38. The molecule has 0 bridgehead atoms. The largest absolute Gasteiger partial charge is 0.462 e. The monoisotopic (exact) mass is 567 g/mol. The summed E-state index contributed by atoms with van der Waals surface area (Å²) in [6, 6.07) is 14.3. The third kappa shape index (κ3) is 6.61. The molecule has 216 valence electrons. The van der Waals surface area contributed by atoms with Crippen LogP contribution in [0.1, 0.15) is 55.1 Å². The van der Waals surface area contributed by atoms with E-state index in [1.807, 2.05) is 33.8 Å². The quantitative estimate of drug-likeness (QED) is 0.222. The van der Waals surface area contributed by atoms with Crippen molar-refractivity contribution in [2.45, 2.75) is 58.2 Å². The number of carbonyl (C=O) groups is 1. The van der Waals surface area contributed by atoms with Gasteiger partial charge in [0.25, 0.3) is 5.89 Å². The fraction of sp³-hybridized carbons (Fsp3) is 0.400. The number of aromatic nitrogens is 3. The predicted molar refractivity (Wildman–Crippen MR) is 150 cm³/mol. The fourth-order valence-electron chi connectivity index (χ4n) is 4.82. The lowest BCUT2D eigenvalue weighted by Crippen LogP contribution is -2.41. The molecule has 2 atom stereocenters. The second-order valence-corrected chi connectivity index (χ2v) is 11.4. The highest BCUT2D eigenvalue weighted by molar-refractivity contribution is 5.91. The van der Waals surface area contributed by atoms with Crippen LogP contribution in [-0.2, 0) is 10.2 Å². The number of nitrogens with zero attached hydrogens (tertiary/aromatic N) is 3. The van der Waals surface area contributed by atoms with E-state index in [-0.39, 0.29) is 36.4 Å². The number of rotatable bonds is 8. The molecule has 1 saturated carbocycles. The fourth-order valence-corrected chi connectivity index (χ4v) is 4.82. The number of alkyl halides is 3. The summed E-state index contributed by atoms with van der Waals surface area (Å²) in [5.74, 6) is -0.0106. The van der Waals surface area contributed by atoms with E-state index in [2.05, 4.69) is 20.8 Å². The van der Waals surface area contributed by atoms with Gasteiger partial charge in [-0.25, -0.2) is 9.78 Å². The van der Waals surface area contributed by atoms with Crippen LogP contribution in [0.3, 0.4) is 0 Å². The minimum absolute atomic E-state index is 0.0216. The molecule has 1 aliphatic rings. The third-order valence-corrected chi connectivity index (χ3v) is 7.23. The SMILES string of the molecule is Cc1cc(-c2nnc(NC3CCC3COC(=O)c3ccccc3)o2)nc2c(C(C)(C)C)cc(NCC(F)(F)F)cc12. The first-order valence-corrected chi connectivity index (χ1v) is 13.5. The zero-order chi connectivity index (χ0) is 29.4. The smallest absolute Gasteiger partial charge is 0.405 e. The molecule has 2 unspecified atom stereocenters.